The number of rotatable bonds is 5. The van der Waals surface area contributed by atoms with Crippen LogP contribution in [0.25, 0.3) is 0 Å². The molecule has 7 nitrogen and oxygen atoms in total. The number of amides is 2. The first kappa shape index (κ1) is 19.1. The topological polar surface area (TPSA) is 95.9 Å². The van der Waals surface area contributed by atoms with Crippen LogP contribution in [-0.2, 0) is 19.1 Å². The summed E-state index contributed by atoms with van der Waals surface area (Å²) < 4.78 is 5.09. The Balaban J connectivity index is 1.73. The van der Waals surface area contributed by atoms with E-state index in [1.54, 1.807) is 0 Å². The SMILES string of the molecule is CC(C)(C)[C@H](NC(=O)CC1COC1)C(=O)N1C[C@H]2[C@@H]([C@H]1C(=O)O)C2(C)C. The number of aliphatic carboxylic acids is 1. The van der Waals surface area contributed by atoms with Crippen molar-refractivity contribution in [3.05, 3.63) is 0 Å². The number of carboxylic acids is 1. The Morgan fingerprint density at radius 3 is 2.35 bits per heavy atom. The maximum absolute atomic E-state index is 13.2. The number of fused-ring (bicyclic) bond motifs is 1. The molecule has 0 bridgehead atoms. The first-order valence-electron chi connectivity index (χ1n) is 9.35. The molecule has 2 aliphatic heterocycles. The highest BCUT2D eigenvalue weighted by Crippen LogP contribution is 2.65. The number of carboxylic acid groups (broad SMARTS) is 1. The lowest BCUT2D eigenvalue weighted by atomic mass is 9.85. The van der Waals surface area contributed by atoms with Crippen LogP contribution in [0.2, 0.25) is 0 Å². The number of nitrogens with zero attached hydrogens (tertiary/aromatic N) is 1. The summed E-state index contributed by atoms with van der Waals surface area (Å²) in [5.41, 5.74) is -0.543. The normalized spacial score (nSPS) is 31.0. The quantitative estimate of drug-likeness (QED) is 0.760. The molecule has 2 saturated heterocycles. The number of piperidine rings is 1. The highest BCUT2D eigenvalue weighted by molar-refractivity contribution is 5.92. The highest BCUT2D eigenvalue weighted by atomic mass is 16.5. The van der Waals surface area contributed by atoms with Crippen LogP contribution in [0.5, 0.6) is 0 Å². The zero-order valence-corrected chi connectivity index (χ0v) is 16.2. The van der Waals surface area contributed by atoms with E-state index in [2.05, 4.69) is 19.2 Å². The van der Waals surface area contributed by atoms with Gasteiger partial charge >= 0.3 is 5.97 Å². The average molecular weight is 366 g/mol. The summed E-state index contributed by atoms with van der Waals surface area (Å²) >= 11 is 0. The predicted molar refractivity (Wildman–Crippen MR) is 94.2 cm³/mol. The van der Waals surface area contributed by atoms with Crippen molar-refractivity contribution in [2.45, 2.75) is 53.1 Å². The first-order chi connectivity index (χ1) is 11.9. The number of carbonyl (C=O) groups is 3. The Hall–Kier alpha value is -1.63. The van der Waals surface area contributed by atoms with Crippen LogP contribution in [0.1, 0.15) is 41.0 Å². The smallest absolute Gasteiger partial charge is 0.326 e. The third-order valence-electron chi connectivity index (χ3n) is 6.34. The van der Waals surface area contributed by atoms with E-state index < -0.39 is 23.5 Å². The minimum absolute atomic E-state index is 0.00704. The Morgan fingerprint density at radius 2 is 1.88 bits per heavy atom. The van der Waals surface area contributed by atoms with Crippen LogP contribution < -0.4 is 5.32 Å². The van der Waals surface area contributed by atoms with Crippen molar-refractivity contribution in [1.82, 2.24) is 10.2 Å². The summed E-state index contributed by atoms with van der Waals surface area (Å²) in [7, 11) is 0. The van der Waals surface area contributed by atoms with E-state index in [9.17, 15) is 19.5 Å². The van der Waals surface area contributed by atoms with E-state index in [0.29, 0.717) is 26.2 Å². The van der Waals surface area contributed by atoms with E-state index in [1.165, 1.54) is 4.90 Å². The van der Waals surface area contributed by atoms with E-state index in [0.717, 1.165) is 0 Å². The second-order valence-electron chi connectivity index (χ2n) is 9.70. The maximum atomic E-state index is 13.2. The summed E-state index contributed by atoms with van der Waals surface area (Å²) in [6.07, 6.45) is 0.334. The Labute approximate surface area is 154 Å². The molecule has 0 aromatic rings. The fraction of sp³-hybridized carbons (Fsp3) is 0.842. The number of hydrogen-bond acceptors (Lipinski definition) is 4. The lowest BCUT2D eigenvalue weighted by Gasteiger charge is -2.37. The van der Waals surface area contributed by atoms with E-state index >= 15 is 0 Å². The molecule has 0 aromatic heterocycles. The van der Waals surface area contributed by atoms with E-state index in [4.69, 9.17) is 4.74 Å². The zero-order chi connectivity index (χ0) is 19.4. The molecule has 3 rings (SSSR count). The molecule has 2 N–H and O–H groups in total. The van der Waals surface area contributed by atoms with Gasteiger partial charge in [0.2, 0.25) is 11.8 Å². The summed E-state index contributed by atoms with van der Waals surface area (Å²) in [6.45, 7) is 11.4. The third-order valence-corrected chi connectivity index (χ3v) is 6.34. The molecule has 0 aromatic carbocycles. The van der Waals surface area contributed by atoms with Gasteiger partial charge in [0.05, 0.1) is 13.2 Å². The molecule has 2 heterocycles. The van der Waals surface area contributed by atoms with Gasteiger partial charge in [-0.15, -0.1) is 0 Å². The summed E-state index contributed by atoms with van der Waals surface area (Å²) in [6, 6.07) is -1.54. The third kappa shape index (κ3) is 3.21. The van der Waals surface area contributed by atoms with Gasteiger partial charge in [0, 0.05) is 24.8 Å². The predicted octanol–water partition coefficient (Wildman–Crippen LogP) is 1.12. The lowest BCUT2D eigenvalue weighted by Crippen LogP contribution is -2.58. The van der Waals surface area contributed by atoms with E-state index in [-0.39, 0.29) is 35.0 Å². The second-order valence-corrected chi connectivity index (χ2v) is 9.70. The Kier molecular flexibility index (Phi) is 4.58. The highest BCUT2D eigenvalue weighted by Gasteiger charge is 2.70. The van der Waals surface area contributed by atoms with Crippen molar-refractivity contribution < 1.29 is 24.2 Å². The molecular weight excluding hydrogens is 336 g/mol. The molecule has 3 aliphatic rings. The first-order valence-corrected chi connectivity index (χ1v) is 9.35. The van der Waals surface area contributed by atoms with Crippen molar-refractivity contribution in [2.75, 3.05) is 19.8 Å². The van der Waals surface area contributed by atoms with Crippen LogP contribution in [0.3, 0.4) is 0 Å². The van der Waals surface area contributed by atoms with Gasteiger partial charge in [-0.1, -0.05) is 34.6 Å². The molecule has 1 saturated carbocycles. The number of hydrogen-bond donors (Lipinski definition) is 2. The summed E-state index contributed by atoms with van der Waals surface area (Å²) in [5.74, 6) is -1.00. The van der Waals surface area contributed by atoms with Crippen LogP contribution in [0.15, 0.2) is 0 Å². The van der Waals surface area contributed by atoms with Gasteiger partial charge in [-0.25, -0.2) is 4.79 Å². The van der Waals surface area contributed by atoms with Gasteiger partial charge in [0.15, 0.2) is 0 Å². The Bertz CT molecular complexity index is 620. The maximum Gasteiger partial charge on any atom is 0.326 e. The molecule has 0 spiro atoms. The molecule has 4 atom stereocenters. The van der Waals surface area contributed by atoms with Crippen molar-refractivity contribution in [2.24, 2.45) is 28.6 Å². The van der Waals surface area contributed by atoms with Gasteiger partial charge in [-0.3, -0.25) is 9.59 Å². The van der Waals surface area contributed by atoms with Crippen LogP contribution in [-0.4, -0.2) is 59.6 Å². The number of likely N-dealkylation sites (tertiary alicyclic amines) is 1. The number of ether oxygens (including phenoxy) is 1. The summed E-state index contributed by atoms with van der Waals surface area (Å²) in [4.78, 5) is 38.9. The number of nitrogens with one attached hydrogen (secondary N) is 1. The average Bonchev–Trinajstić information content (AvgIpc) is 2.84. The van der Waals surface area contributed by atoms with E-state index in [1.807, 2.05) is 20.8 Å². The standard InChI is InChI=1S/C19H30N2O5/c1-18(2,3)15(20-12(22)6-10-8-26-9-10)16(23)21-7-11-13(19(11,4)5)14(21)17(24)25/h10-11,13-15H,6-9H2,1-5H3,(H,20,22)(H,24,25)/t11-,13-,14-,15+/m0/s1. The lowest BCUT2D eigenvalue weighted by molar-refractivity contribution is -0.153. The number of carbonyl (C=O) groups excluding carboxylic acids is 2. The van der Waals surface area contributed by atoms with Crippen molar-refractivity contribution in [1.29, 1.82) is 0 Å². The minimum Gasteiger partial charge on any atom is -0.480 e. The molecule has 2 amide bonds. The molecule has 0 radical (unpaired) electrons. The van der Waals surface area contributed by atoms with Gasteiger partial charge < -0.3 is 20.1 Å². The van der Waals surface area contributed by atoms with Gasteiger partial charge in [-0.2, -0.15) is 0 Å². The molecule has 3 fully saturated rings. The molecule has 7 heteroatoms. The monoisotopic (exact) mass is 366 g/mol. The van der Waals surface area contributed by atoms with Gasteiger partial charge in [0.25, 0.3) is 0 Å². The molecule has 0 unspecified atom stereocenters. The molecule has 146 valence electrons. The van der Waals surface area contributed by atoms with Crippen LogP contribution in [0, 0.1) is 28.6 Å². The fourth-order valence-electron chi connectivity index (χ4n) is 4.49. The van der Waals surface area contributed by atoms with Crippen molar-refractivity contribution >= 4 is 17.8 Å². The van der Waals surface area contributed by atoms with Crippen molar-refractivity contribution in [3.63, 3.8) is 0 Å². The van der Waals surface area contributed by atoms with Crippen molar-refractivity contribution in [3.8, 4) is 0 Å². The minimum atomic E-state index is -0.956. The molecule has 1 aliphatic carbocycles. The summed E-state index contributed by atoms with van der Waals surface area (Å²) in [5, 5.41) is 12.6. The largest absolute Gasteiger partial charge is 0.480 e. The van der Waals surface area contributed by atoms with Crippen LogP contribution >= 0.6 is 0 Å². The van der Waals surface area contributed by atoms with Gasteiger partial charge in [0.1, 0.15) is 12.1 Å². The molecular formula is C19H30N2O5. The molecule has 26 heavy (non-hydrogen) atoms. The second kappa shape index (κ2) is 6.22. The zero-order valence-electron chi connectivity index (χ0n) is 16.2. The Morgan fingerprint density at radius 1 is 1.27 bits per heavy atom. The van der Waals surface area contributed by atoms with Gasteiger partial charge in [-0.05, 0) is 16.7 Å². The van der Waals surface area contributed by atoms with Crippen LogP contribution in [0.4, 0.5) is 0 Å². The fourth-order valence-corrected chi connectivity index (χ4v) is 4.49.